The van der Waals surface area contributed by atoms with Crippen LogP contribution in [0.1, 0.15) is 18.1 Å². The van der Waals surface area contributed by atoms with Crippen LogP contribution in [0.5, 0.6) is 0 Å². The highest BCUT2D eigenvalue weighted by Gasteiger charge is 2.35. The van der Waals surface area contributed by atoms with Gasteiger partial charge in [0.2, 0.25) is 0 Å². The van der Waals surface area contributed by atoms with Gasteiger partial charge in [0.1, 0.15) is 11.3 Å². The summed E-state index contributed by atoms with van der Waals surface area (Å²) < 4.78 is 54.5. The topological polar surface area (TPSA) is 90.9 Å². The molecule has 0 saturated carbocycles. The maximum absolute atomic E-state index is 14.1. The van der Waals surface area contributed by atoms with E-state index in [2.05, 4.69) is 10.3 Å². The highest BCUT2D eigenvalue weighted by atomic mass is 19.4. The molecule has 0 fully saturated rings. The van der Waals surface area contributed by atoms with Crippen LogP contribution in [0.3, 0.4) is 0 Å². The molecule has 1 atom stereocenters. The number of alkyl halides is 3. The minimum Gasteiger partial charge on any atom is -0.378 e. The van der Waals surface area contributed by atoms with Crippen molar-refractivity contribution < 1.29 is 27.5 Å². The van der Waals surface area contributed by atoms with Crippen LogP contribution in [0, 0.1) is 17.1 Å². The van der Waals surface area contributed by atoms with Crippen LogP contribution in [0.15, 0.2) is 42.7 Å². The first kappa shape index (κ1) is 20.3. The largest absolute Gasteiger partial charge is 0.417 e. The van der Waals surface area contributed by atoms with Gasteiger partial charge in [-0.2, -0.15) is 18.4 Å². The molecule has 150 valence electrons. The minimum atomic E-state index is -4.79. The van der Waals surface area contributed by atoms with E-state index in [0.717, 1.165) is 19.1 Å². The molecule has 29 heavy (non-hydrogen) atoms. The van der Waals surface area contributed by atoms with Gasteiger partial charge in [-0.25, -0.2) is 9.37 Å². The number of nitrogens with zero attached hydrogens (tertiary/aromatic N) is 3. The molecule has 3 aromatic rings. The number of nitriles is 1. The van der Waals surface area contributed by atoms with E-state index in [9.17, 15) is 27.5 Å². The molecule has 1 heterocycles. The molecular formula is C19H14F4N4O2. The molecule has 0 spiro atoms. The van der Waals surface area contributed by atoms with E-state index < -0.39 is 41.2 Å². The Kier molecular flexibility index (Phi) is 5.02. The van der Waals surface area contributed by atoms with E-state index in [4.69, 9.17) is 5.26 Å². The average molecular weight is 406 g/mol. The van der Waals surface area contributed by atoms with Crippen LogP contribution < -0.4 is 5.32 Å². The fraction of sp³-hybridized carbons (Fsp3) is 0.211. The van der Waals surface area contributed by atoms with Crippen LogP contribution in [-0.2, 0) is 17.5 Å². The maximum Gasteiger partial charge on any atom is 0.417 e. The Morgan fingerprint density at radius 2 is 2.03 bits per heavy atom. The Labute approximate surface area is 162 Å². The summed E-state index contributed by atoms with van der Waals surface area (Å²) in [6, 6.07) is 8.30. The van der Waals surface area contributed by atoms with Crippen molar-refractivity contribution in [1.82, 2.24) is 9.55 Å². The smallest absolute Gasteiger partial charge is 0.378 e. The molecule has 0 bridgehead atoms. The summed E-state index contributed by atoms with van der Waals surface area (Å²) in [4.78, 5) is 16.5. The zero-order valence-electron chi connectivity index (χ0n) is 15.0. The van der Waals surface area contributed by atoms with Gasteiger partial charge in [0.15, 0.2) is 5.60 Å². The molecule has 2 aromatic carbocycles. The molecule has 0 radical (unpaired) electrons. The lowest BCUT2D eigenvalue weighted by molar-refractivity contribution is -0.138. The molecule has 0 saturated heterocycles. The van der Waals surface area contributed by atoms with Crippen LogP contribution in [0.4, 0.5) is 23.2 Å². The van der Waals surface area contributed by atoms with Crippen molar-refractivity contribution in [2.45, 2.75) is 25.2 Å². The number of benzene rings is 2. The first-order valence-electron chi connectivity index (χ1n) is 8.27. The van der Waals surface area contributed by atoms with E-state index in [1.165, 1.54) is 29.1 Å². The van der Waals surface area contributed by atoms with Crippen LogP contribution in [0.2, 0.25) is 0 Å². The summed E-state index contributed by atoms with van der Waals surface area (Å²) in [6.07, 6.45) is -3.54. The van der Waals surface area contributed by atoms with Gasteiger partial charge in [-0.05, 0) is 37.3 Å². The van der Waals surface area contributed by atoms with E-state index >= 15 is 0 Å². The number of aromatic nitrogens is 2. The van der Waals surface area contributed by atoms with Crippen molar-refractivity contribution in [2.75, 3.05) is 5.32 Å². The first-order chi connectivity index (χ1) is 13.5. The molecule has 3 rings (SSSR count). The molecule has 1 unspecified atom stereocenters. The molecule has 2 N–H and O–H groups in total. The normalized spacial score (nSPS) is 13.7. The lowest BCUT2D eigenvalue weighted by Gasteiger charge is -2.23. The Morgan fingerprint density at radius 3 is 2.69 bits per heavy atom. The van der Waals surface area contributed by atoms with Crippen LogP contribution in [-0.4, -0.2) is 26.2 Å². The molecule has 1 aromatic heterocycles. The second kappa shape index (κ2) is 7.18. The summed E-state index contributed by atoms with van der Waals surface area (Å²) in [5, 5.41) is 21.6. The molecule has 6 nitrogen and oxygen atoms in total. The van der Waals surface area contributed by atoms with E-state index in [-0.39, 0.29) is 11.2 Å². The summed E-state index contributed by atoms with van der Waals surface area (Å²) in [5.41, 5.74) is -3.74. The fourth-order valence-electron chi connectivity index (χ4n) is 2.83. The van der Waals surface area contributed by atoms with Gasteiger partial charge in [0.25, 0.3) is 5.91 Å². The number of fused-ring (bicyclic) bond motifs is 1. The molecule has 10 heteroatoms. The number of rotatable bonds is 4. The maximum atomic E-state index is 14.1. The van der Waals surface area contributed by atoms with Crippen molar-refractivity contribution in [3.8, 4) is 6.07 Å². The Hall–Kier alpha value is -3.45. The number of nitrogens with one attached hydrogen (secondary N) is 1. The average Bonchev–Trinajstić information content (AvgIpc) is 3.04. The number of halogens is 4. The van der Waals surface area contributed by atoms with Gasteiger partial charge in [-0.15, -0.1) is 0 Å². The van der Waals surface area contributed by atoms with Crippen molar-refractivity contribution in [3.63, 3.8) is 0 Å². The fourth-order valence-corrected chi connectivity index (χ4v) is 2.83. The Bertz CT molecular complexity index is 1130. The van der Waals surface area contributed by atoms with Gasteiger partial charge in [-0.1, -0.05) is 6.07 Å². The van der Waals surface area contributed by atoms with Crippen molar-refractivity contribution >= 4 is 22.6 Å². The third-order valence-electron chi connectivity index (χ3n) is 4.26. The van der Waals surface area contributed by atoms with E-state index in [1.54, 1.807) is 6.07 Å². The van der Waals surface area contributed by atoms with E-state index in [0.29, 0.717) is 11.6 Å². The summed E-state index contributed by atoms with van der Waals surface area (Å²) >= 11 is 0. The number of aliphatic hydroxyl groups is 1. The summed E-state index contributed by atoms with van der Waals surface area (Å²) in [6.45, 7) is 0.752. The SMILES string of the molecule is CC(O)(Cn1cnc2cccc(F)c21)C(=O)Nc1ccc(C#N)c(C(F)(F)F)c1. The molecular weight excluding hydrogens is 392 g/mol. The second-order valence-corrected chi connectivity index (χ2v) is 6.58. The van der Waals surface area contributed by atoms with Gasteiger partial charge in [0, 0.05) is 5.69 Å². The standard InChI is InChI=1S/C19H14F4N4O2/c1-18(29,9-27-10-25-15-4-2-3-14(20)16(15)27)17(28)26-12-6-5-11(8-24)13(7-12)19(21,22)23/h2-7,10,29H,9H2,1H3,(H,26,28). The number of hydrogen-bond acceptors (Lipinski definition) is 4. The quantitative estimate of drug-likeness (QED) is 0.650. The highest BCUT2D eigenvalue weighted by molar-refractivity contribution is 5.97. The first-order valence-corrected chi connectivity index (χ1v) is 8.27. The lowest BCUT2D eigenvalue weighted by Crippen LogP contribution is -2.43. The summed E-state index contributed by atoms with van der Waals surface area (Å²) in [7, 11) is 0. The molecule has 0 aliphatic carbocycles. The van der Waals surface area contributed by atoms with Crippen LogP contribution >= 0.6 is 0 Å². The monoisotopic (exact) mass is 406 g/mol. The zero-order chi connectivity index (χ0) is 21.4. The van der Waals surface area contributed by atoms with E-state index in [1.807, 2.05) is 0 Å². The van der Waals surface area contributed by atoms with Gasteiger partial charge in [-0.3, -0.25) is 4.79 Å². The number of carbonyl (C=O) groups is 1. The lowest BCUT2D eigenvalue weighted by atomic mass is 10.0. The Morgan fingerprint density at radius 1 is 1.31 bits per heavy atom. The van der Waals surface area contributed by atoms with Gasteiger partial charge < -0.3 is 15.0 Å². The summed E-state index contributed by atoms with van der Waals surface area (Å²) in [5.74, 6) is -1.60. The molecule has 0 aliphatic heterocycles. The van der Waals surface area contributed by atoms with Crippen LogP contribution in [0.25, 0.3) is 11.0 Å². The number of carbonyl (C=O) groups excluding carboxylic acids is 1. The zero-order valence-corrected chi connectivity index (χ0v) is 15.0. The van der Waals surface area contributed by atoms with Crippen molar-refractivity contribution in [2.24, 2.45) is 0 Å². The van der Waals surface area contributed by atoms with Crippen molar-refractivity contribution in [3.05, 3.63) is 59.7 Å². The third kappa shape index (κ3) is 4.05. The number of amides is 1. The molecule has 0 aliphatic rings. The van der Waals surface area contributed by atoms with Gasteiger partial charge in [0.05, 0.1) is 35.6 Å². The van der Waals surface area contributed by atoms with Gasteiger partial charge >= 0.3 is 6.18 Å². The minimum absolute atomic E-state index is 0.0818. The van der Waals surface area contributed by atoms with Crippen molar-refractivity contribution in [1.29, 1.82) is 5.26 Å². The number of para-hydroxylation sites is 1. The third-order valence-corrected chi connectivity index (χ3v) is 4.26. The number of hydrogen-bond donors (Lipinski definition) is 2. The molecule has 1 amide bonds. The second-order valence-electron chi connectivity index (χ2n) is 6.58. The predicted octanol–water partition coefficient (Wildman–Crippen LogP) is 3.46. The Balaban J connectivity index is 1.85. The number of anilines is 1. The highest BCUT2D eigenvalue weighted by Crippen LogP contribution is 2.33. The predicted molar refractivity (Wildman–Crippen MR) is 95.1 cm³/mol. The number of imidazole rings is 1.